The predicted octanol–water partition coefficient (Wildman–Crippen LogP) is 14.8. The summed E-state index contributed by atoms with van der Waals surface area (Å²) >= 11 is 0. The fourth-order valence-electron chi connectivity index (χ4n) is 10.6. The summed E-state index contributed by atoms with van der Waals surface area (Å²) < 4.78 is 0. The summed E-state index contributed by atoms with van der Waals surface area (Å²) in [6.07, 6.45) is 2.35. The third-order valence-corrected chi connectivity index (χ3v) is 14.8. The van der Waals surface area contributed by atoms with E-state index in [-0.39, 0.29) is 33.8 Å². The van der Waals surface area contributed by atoms with Crippen LogP contribution in [0.3, 0.4) is 0 Å². The lowest BCUT2D eigenvalue weighted by Gasteiger charge is -2.48. The SMILES string of the molecule is CC(C)c1cc2c3c(c1)N(c1ccc(C(C)(C)C)cc1-c1ccccc1)c1cc4c(cc1B3c1ccc(C(C)(C)C)cc1N2c1cccc(C(C)(C)C)c1)C(C)(C)CCC4(C)C. The van der Waals surface area contributed by atoms with Gasteiger partial charge in [0.2, 0.25) is 0 Å². The number of rotatable bonds is 4. The van der Waals surface area contributed by atoms with E-state index >= 15 is 0 Å². The van der Waals surface area contributed by atoms with Gasteiger partial charge in [0.25, 0.3) is 6.71 Å². The summed E-state index contributed by atoms with van der Waals surface area (Å²) in [6, 6.07) is 45.7. The van der Waals surface area contributed by atoms with Crippen molar-refractivity contribution in [2.24, 2.45) is 0 Å². The molecule has 1 aliphatic carbocycles. The standard InChI is InChI=1S/C59H69BN2/c1-37(2)39-30-52-54-53(31-39)62(49-27-25-41(56(6,7)8)33-44(49)38-20-17-16-18-21-38)51-36-46-45(58(12,13)28-29-59(46,14)15)35-48(51)60(54)47-26-24-42(57(9,10)11)34-50(47)61(52)43-23-19-22-40(32-43)55(3,4)5/h16-27,30-37H,28-29H2,1-15H3. The Morgan fingerprint density at radius 1 is 0.484 bits per heavy atom. The van der Waals surface area contributed by atoms with Crippen molar-refractivity contribution in [3.8, 4) is 11.1 Å². The van der Waals surface area contributed by atoms with E-state index in [1.54, 1.807) is 0 Å². The van der Waals surface area contributed by atoms with Crippen LogP contribution in [0, 0.1) is 0 Å². The van der Waals surface area contributed by atoms with Crippen LogP contribution in [0.4, 0.5) is 34.1 Å². The van der Waals surface area contributed by atoms with Crippen LogP contribution in [-0.2, 0) is 27.1 Å². The number of hydrogen-bond acceptors (Lipinski definition) is 2. The molecule has 0 bridgehead atoms. The molecule has 0 saturated heterocycles. The molecule has 0 unspecified atom stereocenters. The summed E-state index contributed by atoms with van der Waals surface area (Å²) in [7, 11) is 0. The van der Waals surface area contributed by atoms with Crippen molar-refractivity contribution in [2.75, 3.05) is 9.80 Å². The molecule has 3 heteroatoms. The molecule has 0 amide bonds. The Bertz CT molecular complexity index is 2730. The van der Waals surface area contributed by atoms with Gasteiger partial charge in [0.1, 0.15) is 0 Å². The zero-order valence-corrected chi connectivity index (χ0v) is 40.4. The highest BCUT2D eigenvalue weighted by molar-refractivity contribution is 7.00. The number of benzene rings is 6. The second-order valence-corrected chi connectivity index (χ2v) is 23.6. The molecule has 2 aliphatic heterocycles. The van der Waals surface area contributed by atoms with Gasteiger partial charge in [-0.15, -0.1) is 0 Å². The van der Waals surface area contributed by atoms with Gasteiger partial charge in [0, 0.05) is 34.0 Å². The summed E-state index contributed by atoms with van der Waals surface area (Å²) in [5.41, 5.74) is 22.8. The minimum atomic E-state index is -0.0117. The first-order chi connectivity index (χ1) is 29.0. The monoisotopic (exact) mass is 817 g/mol. The van der Waals surface area contributed by atoms with E-state index in [0.29, 0.717) is 5.92 Å². The third-order valence-electron chi connectivity index (χ3n) is 14.8. The van der Waals surface area contributed by atoms with Crippen LogP contribution in [0.2, 0.25) is 0 Å². The van der Waals surface area contributed by atoms with Crippen LogP contribution in [-0.4, -0.2) is 6.71 Å². The molecule has 318 valence electrons. The van der Waals surface area contributed by atoms with Crippen molar-refractivity contribution in [1.29, 1.82) is 0 Å². The van der Waals surface area contributed by atoms with Gasteiger partial charge in [-0.3, -0.25) is 0 Å². The van der Waals surface area contributed by atoms with Crippen molar-refractivity contribution in [1.82, 2.24) is 0 Å². The lowest BCUT2D eigenvalue weighted by Crippen LogP contribution is -2.62. The number of hydrogen-bond donors (Lipinski definition) is 0. The van der Waals surface area contributed by atoms with Crippen molar-refractivity contribution < 1.29 is 0 Å². The predicted molar refractivity (Wildman–Crippen MR) is 271 cm³/mol. The molecule has 0 N–H and O–H groups in total. The maximum absolute atomic E-state index is 2.70. The van der Waals surface area contributed by atoms with Crippen molar-refractivity contribution in [2.45, 2.75) is 150 Å². The highest BCUT2D eigenvalue weighted by atomic mass is 15.2. The zero-order chi connectivity index (χ0) is 44.5. The first kappa shape index (κ1) is 42.3. The second kappa shape index (κ2) is 14.3. The molecule has 0 saturated carbocycles. The molecule has 9 rings (SSSR count). The minimum absolute atomic E-state index is 0.00389. The van der Waals surface area contributed by atoms with Crippen LogP contribution in [0.5, 0.6) is 0 Å². The van der Waals surface area contributed by atoms with Gasteiger partial charge in [0.05, 0.1) is 5.69 Å². The Morgan fingerprint density at radius 2 is 1.03 bits per heavy atom. The molecule has 6 aromatic rings. The number of anilines is 6. The largest absolute Gasteiger partial charge is 0.311 e. The lowest BCUT2D eigenvalue weighted by atomic mass is 9.33. The Labute approximate surface area is 374 Å². The molecular formula is C59H69BN2. The minimum Gasteiger partial charge on any atom is -0.311 e. The fourth-order valence-corrected chi connectivity index (χ4v) is 10.6. The number of nitrogens with zero attached hydrogens (tertiary/aromatic N) is 2. The molecule has 0 atom stereocenters. The molecule has 3 aliphatic rings. The first-order valence-electron chi connectivity index (χ1n) is 23.4. The smallest absolute Gasteiger partial charge is 0.252 e. The first-order valence-corrected chi connectivity index (χ1v) is 23.4. The Balaban J connectivity index is 1.46. The molecule has 2 nitrogen and oxygen atoms in total. The quantitative estimate of drug-likeness (QED) is 0.163. The molecule has 0 radical (unpaired) electrons. The van der Waals surface area contributed by atoms with E-state index in [4.69, 9.17) is 0 Å². The van der Waals surface area contributed by atoms with Gasteiger partial charge in [-0.05, 0) is 150 Å². The van der Waals surface area contributed by atoms with Crippen LogP contribution >= 0.6 is 0 Å². The molecule has 0 fully saturated rings. The molecule has 0 aromatic heterocycles. The van der Waals surface area contributed by atoms with E-state index < -0.39 is 0 Å². The molecule has 2 heterocycles. The average molecular weight is 817 g/mol. The average Bonchev–Trinajstić information content (AvgIpc) is 3.21. The maximum Gasteiger partial charge on any atom is 0.252 e. The Morgan fingerprint density at radius 3 is 1.65 bits per heavy atom. The zero-order valence-electron chi connectivity index (χ0n) is 40.4. The summed E-state index contributed by atoms with van der Waals surface area (Å²) in [5, 5.41) is 0. The number of fused-ring (bicyclic) bond motifs is 5. The normalized spacial score (nSPS) is 16.5. The highest BCUT2D eigenvalue weighted by Gasteiger charge is 2.47. The molecular weight excluding hydrogens is 747 g/mol. The summed E-state index contributed by atoms with van der Waals surface area (Å²) in [6.45, 7) is 35.8. The van der Waals surface area contributed by atoms with E-state index in [0.717, 1.165) is 0 Å². The fraction of sp³-hybridized carbons (Fsp3) is 0.390. The van der Waals surface area contributed by atoms with Crippen molar-refractivity contribution in [3.05, 3.63) is 149 Å². The van der Waals surface area contributed by atoms with Crippen LogP contribution in [0.25, 0.3) is 11.1 Å². The van der Waals surface area contributed by atoms with Crippen molar-refractivity contribution >= 4 is 57.2 Å². The molecule has 6 aromatic carbocycles. The van der Waals surface area contributed by atoms with Crippen LogP contribution in [0.1, 0.15) is 156 Å². The van der Waals surface area contributed by atoms with Crippen LogP contribution in [0.15, 0.2) is 115 Å². The van der Waals surface area contributed by atoms with Gasteiger partial charge >= 0.3 is 0 Å². The molecule has 62 heavy (non-hydrogen) atoms. The lowest BCUT2D eigenvalue weighted by molar-refractivity contribution is 0.332. The van der Waals surface area contributed by atoms with Crippen LogP contribution < -0.4 is 26.2 Å². The Kier molecular flexibility index (Phi) is 9.72. The Hall–Kier alpha value is -5.02. The topological polar surface area (TPSA) is 6.48 Å². The molecule has 0 spiro atoms. The van der Waals surface area contributed by atoms with E-state index in [1.807, 2.05) is 0 Å². The van der Waals surface area contributed by atoms with E-state index in [2.05, 4.69) is 229 Å². The van der Waals surface area contributed by atoms with Gasteiger partial charge < -0.3 is 9.80 Å². The van der Waals surface area contributed by atoms with Gasteiger partial charge in [-0.2, -0.15) is 0 Å². The highest BCUT2D eigenvalue weighted by Crippen LogP contribution is 2.52. The van der Waals surface area contributed by atoms with E-state index in [1.165, 1.54) is 108 Å². The summed E-state index contributed by atoms with van der Waals surface area (Å²) in [5.74, 6) is 0.323. The van der Waals surface area contributed by atoms with Gasteiger partial charge in [-0.1, -0.05) is 171 Å². The summed E-state index contributed by atoms with van der Waals surface area (Å²) in [4.78, 5) is 5.33. The van der Waals surface area contributed by atoms with Gasteiger partial charge in [0.15, 0.2) is 0 Å². The second-order valence-electron chi connectivity index (χ2n) is 23.6. The van der Waals surface area contributed by atoms with E-state index in [9.17, 15) is 0 Å². The van der Waals surface area contributed by atoms with Crippen molar-refractivity contribution in [3.63, 3.8) is 0 Å². The van der Waals surface area contributed by atoms with Gasteiger partial charge in [-0.25, -0.2) is 0 Å². The maximum atomic E-state index is 2.70. The third kappa shape index (κ3) is 6.94.